The predicted molar refractivity (Wildman–Crippen MR) is 102 cm³/mol. The molecule has 0 aliphatic rings. The normalized spacial score (nSPS) is 11.4. The van der Waals surface area contributed by atoms with Gasteiger partial charge in [0.15, 0.2) is 0 Å². The molecular weight excluding hydrogens is 322 g/mol. The van der Waals surface area contributed by atoms with Crippen molar-refractivity contribution in [3.63, 3.8) is 0 Å². The highest BCUT2D eigenvalue weighted by atomic mass is 35.5. The Hall–Kier alpha value is -1.82. The summed E-state index contributed by atoms with van der Waals surface area (Å²) in [7, 11) is 1.22. The van der Waals surface area contributed by atoms with E-state index in [2.05, 4.69) is 5.32 Å². The largest absolute Gasteiger partial charge is 0.612 e. The fourth-order valence-electron chi connectivity index (χ4n) is 2.34. The number of hydrogen-bond donors (Lipinski definition) is 1. The Morgan fingerprint density at radius 1 is 1.08 bits per heavy atom. The molecule has 24 heavy (non-hydrogen) atoms. The van der Waals surface area contributed by atoms with E-state index >= 15 is 0 Å². The van der Waals surface area contributed by atoms with Crippen LogP contribution in [-0.2, 0) is 9.31 Å². The SMILES string of the molecule is CCOB(N=C(c1ccccc1)c1cc(Cl)ccc1NC)OCC. The van der Waals surface area contributed by atoms with E-state index in [1.165, 1.54) is 0 Å². The van der Waals surface area contributed by atoms with Gasteiger partial charge in [0.1, 0.15) is 0 Å². The number of hydrogen-bond acceptors (Lipinski definition) is 4. The van der Waals surface area contributed by atoms with Gasteiger partial charge in [-0.15, -0.1) is 0 Å². The molecule has 0 saturated carbocycles. The van der Waals surface area contributed by atoms with Gasteiger partial charge in [-0.2, -0.15) is 0 Å². The van der Waals surface area contributed by atoms with Gasteiger partial charge in [-0.25, -0.2) is 0 Å². The maximum atomic E-state index is 6.22. The second kappa shape index (κ2) is 9.47. The molecule has 0 aromatic heterocycles. The van der Waals surface area contributed by atoms with E-state index in [9.17, 15) is 0 Å². The molecule has 0 fully saturated rings. The lowest BCUT2D eigenvalue weighted by atomic mass is 9.98. The molecule has 0 spiro atoms. The Morgan fingerprint density at radius 2 is 1.75 bits per heavy atom. The molecule has 6 heteroatoms. The first kappa shape index (κ1) is 18.5. The number of rotatable bonds is 8. The molecular formula is C18H22BClN2O2. The van der Waals surface area contributed by atoms with Gasteiger partial charge in [0.2, 0.25) is 0 Å². The minimum atomic E-state index is -0.654. The summed E-state index contributed by atoms with van der Waals surface area (Å²) in [5.74, 6) is 0. The van der Waals surface area contributed by atoms with Crippen LogP contribution in [0.15, 0.2) is 53.4 Å². The van der Waals surface area contributed by atoms with Crippen LogP contribution in [0, 0.1) is 0 Å². The highest BCUT2D eigenvalue weighted by Crippen LogP contribution is 2.24. The van der Waals surface area contributed by atoms with Gasteiger partial charge >= 0.3 is 7.25 Å². The minimum absolute atomic E-state index is 0.519. The number of anilines is 1. The van der Waals surface area contributed by atoms with E-state index in [0.717, 1.165) is 22.5 Å². The summed E-state index contributed by atoms with van der Waals surface area (Å²) < 4.78 is 11.2. The number of nitrogens with zero attached hydrogens (tertiary/aromatic N) is 1. The zero-order valence-electron chi connectivity index (χ0n) is 14.3. The third-order valence-corrected chi connectivity index (χ3v) is 3.64. The monoisotopic (exact) mass is 344 g/mol. The van der Waals surface area contributed by atoms with Crippen LogP contribution in [0.25, 0.3) is 0 Å². The van der Waals surface area contributed by atoms with Crippen molar-refractivity contribution in [3.8, 4) is 0 Å². The predicted octanol–water partition coefficient (Wildman–Crippen LogP) is 4.28. The first-order chi connectivity index (χ1) is 11.7. The van der Waals surface area contributed by atoms with Crippen LogP contribution in [0.3, 0.4) is 0 Å². The van der Waals surface area contributed by atoms with Crippen molar-refractivity contribution in [2.75, 3.05) is 25.6 Å². The molecule has 2 rings (SSSR count). The maximum Gasteiger partial charge on any atom is 0.612 e. The average molecular weight is 345 g/mol. The standard InChI is InChI=1S/C18H22BClN2O2/c1-4-23-19(24-5-2)22-18(14-9-7-6-8-10-14)16-13-15(20)11-12-17(16)21-3/h6-13,21H,4-5H2,1-3H3. The Kier molecular flexibility index (Phi) is 7.31. The lowest BCUT2D eigenvalue weighted by Gasteiger charge is -2.15. The van der Waals surface area contributed by atoms with Crippen molar-refractivity contribution in [1.82, 2.24) is 0 Å². The van der Waals surface area contributed by atoms with Crippen LogP contribution < -0.4 is 5.32 Å². The minimum Gasteiger partial charge on any atom is -0.391 e. The summed E-state index contributed by atoms with van der Waals surface area (Å²) in [6, 6.07) is 15.6. The third kappa shape index (κ3) is 4.84. The lowest BCUT2D eigenvalue weighted by molar-refractivity contribution is 0.215. The molecule has 126 valence electrons. The summed E-state index contributed by atoms with van der Waals surface area (Å²) in [5, 5.41) is 3.84. The molecule has 2 aromatic carbocycles. The molecule has 0 bridgehead atoms. The average Bonchev–Trinajstić information content (AvgIpc) is 2.60. The summed E-state index contributed by atoms with van der Waals surface area (Å²) >= 11 is 6.22. The first-order valence-corrected chi connectivity index (χ1v) is 8.41. The van der Waals surface area contributed by atoms with Crippen molar-refractivity contribution >= 4 is 30.3 Å². The van der Waals surface area contributed by atoms with Crippen molar-refractivity contribution in [1.29, 1.82) is 0 Å². The number of nitrogens with one attached hydrogen (secondary N) is 1. The second-order valence-corrected chi connectivity index (χ2v) is 5.44. The van der Waals surface area contributed by atoms with Gasteiger partial charge in [0, 0.05) is 36.5 Å². The molecule has 0 atom stereocenters. The van der Waals surface area contributed by atoms with Crippen molar-refractivity contribution in [2.24, 2.45) is 4.90 Å². The van der Waals surface area contributed by atoms with Gasteiger partial charge in [-0.1, -0.05) is 41.9 Å². The van der Waals surface area contributed by atoms with Crippen LogP contribution in [0.5, 0.6) is 0 Å². The highest BCUT2D eigenvalue weighted by Gasteiger charge is 2.21. The number of benzene rings is 2. The molecule has 0 amide bonds. The molecule has 2 aromatic rings. The van der Waals surface area contributed by atoms with Gasteiger partial charge in [0.05, 0.1) is 5.71 Å². The van der Waals surface area contributed by atoms with E-state index in [-0.39, 0.29) is 0 Å². The Bertz CT molecular complexity index is 674. The van der Waals surface area contributed by atoms with Crippen LogP contribution in [0.4, 0.5) is 5.69 Å². The molecule has 0 heterocycles. The molecule has 0 aliphatic heterocycles. The summed E-state index contributed by atoms with van der Waals surface area (Å²) in [6.45, 7) is 4.87. The quantitative estimate of drug-likeness (QED) is 0.574. The van der Waals surface area contributed by atoms with Gasteiger partial charge in [-0.05, 0) is 37.6 Å². The molecule has 1 N–H and O–H groups in total. The van der Waals surface area contributed by atoms with Gasteiger partial charge in [-0.3, -0.25) is 4.90 Å². The molecule has 0 aliphatic carbocycles. The van der Waals surface area contributed by atoms with Crippen LogP contribution in [0.1, 0.15) is 25.0 Å². The Morgan fingerprint density at radius 3 is 2.33 bits per heavy atom. The summed E-state index contributed by atoms with van der Waals surface area (Å²) in [4.78, 5) is 4.72. The fraction of sp³-hybridized carbons (Fsp3) is 0.278. The Labute approximate surface area is 149 Å². The van der Waals surface area contributed by atoms with Gasteiger partial charge in [0.25, 0.3) is 0 Å². The van der Waals surface area contributed by atoms with Crippen LogP contribution in [0.2, 0.25) is 5.02 Å². The zero-order valence-corrected chi connectivity index (χ0v) is 15.0. The maximum absolute atomic E-state index is 6.22. The van der Waals surface area contributed by atoms with Crippen molar-refractivity contribution in [2.45, 2.75) is 13.8 Å². The van der Waals surface area contributed by atoms with E-state index in [1.807, 2.05) is 69.4 Å². The number of halogens is 1. The topological polar surface area (TPSA) is 42.8 Å². The first-order valence-electron chi connectivity index (χ1n) is 8.03. The van der Waals surface area contributed by atoms with Crippen molar-refractivity contribution < 1.29 is 9.31 Å². The van der Waals surface area contributed by atoms with Crippen LogP contribution >= 0.6 is 11.6 Å². The van der Waals surface area contributed by atoms with Crippen LogP contribution in [-0.4, -0.2) is 33.2 Å². The van der Waals surface area contributed by atoms with Crippen molar-refractivity contribution in [3.05, 3.63) is 64.7 Å². The lowest BCUT2D eigenvalue weighted by Crippen LogP contribution is -2.24. The van der Waals surface area contributed by atoms with Gasteiger partial charge < -0.3 is 14.6 Å². The highest BCUT2D eigenvalue weighted by molar-refractivity contribution is 6.46. The molecule has 0 unspecified atom stereocenters. The molecule has 0 saturated heterocycles. The summed E-state index contributed by atoms with van der Waals surface area (Å²) in [5.41, 5.74) is 3.59. The third-order valence-electron chi connectivity index (χ3n) is 3.41. The van der Waals surface area contributed by atoms with E-state index in [1.54, 1.807) is 0 Å². The van der Waals surface area contributed by atoms with E-state index in [0.29, 0.717) is 18.2 Å². The molecule has 0 radical (unpaired) electrons. The Balaban J connectivity index is 2.57. The molecule has 4 nitrogen and oxygen atoms in total. The zero-order chi connectivity index (χ0) is 17.4. The van der Waals surface area contributed by atoms with E-state index < -0.39 is 7.25 Å². The second-order valence-electron chi connectivity index (χ2n) is 5.00. The van der Waals surface area contributed by atoms with E-state index in [4.69, 9.17) is 25.8 Å². The summed E-state index contributed by atoms with van der Waals surface area (Å²) in [6.07, 6.45) is 0. The fourth-order valence-corrected chi connectivity index (χ4v) is 2.51. The smallest absolute Gasteiger partial charge is 0.391 e.